The molecule has 0 aliphatic heterocycles. The van der Waals surface area contributed by atoms with Gasteiger partial charge in [-0.25, -0.2) is 13.1 Å². The summed E-state index contributed by atoms with van der Waals surface area (Å²) in [5.41, 5.74) is 0.945. The van der Waals surface area contributed by atoms with Gasteiger partial charge in [0.25, 0.3) is 0 Å². The van der Waals surface area contributed by atoms with Gasteiger partial charge >= 0.3 is 0 Å². The second-order valence-electron chi connectivity index (χ2n) is 4.56. The van der Waals surface area contributed by atoms with Crippen molar-refractivity contribution < 1.29 is 18.3 Å². The molecule has 0 bridgehead atoms. The third-order valence-corrected chi connectivity index (χ3v) is 4.58. The van der Waals surface area contributed by atoms with Crippen LogP contribution in [0.5, 0.6) is 0 Å². The molecule has 1 heterocycles. The van der Waals surface area contributed by atoms with Gasteiger partial charge in [-0.3, -0.25) is 4.68 Å². The molecule has 0 saturated carbocycles. The molecule has 1 atom stereocenters. The van der Waals surface area contributed by atoms with Crippen molar-refractivity contribution in [1.29, 1.82) is 0 Å². The number of aryl methyl sites for hydroxylation is 1. The quantitative estimate of drug-likeness (QED) is 0.715. The van der Waals surface area contributed by atoms with Crippen molar-refractivity contribution in [3.05, 3.63) is 11.4 Å². The summed E-state index contributed by atoms with van der Waals surface area (Å²) in [5.74, 6) is 0. The molecular weight excluding hydrogens is 282 g/mol. The Morgan fingerprint density at radius 1 is 1.45 bits per heavy atom. The minimum absolute atomic E-state index is 0.0871. The highest BCUT2D eigenvalue weighted by Gasteiger charge is 2.24. The van der Waals surface area contributed by atoms with E-state index in [1.165, 1.54) is 4.68 Å². The van der Waals surface area contributed by atoms with E-state index in [-0.39, 0.29) is 30.7 Å². The highest BCUT2D eigenvalue weighted by atomic mass is 32.2. The zero-order valence-corrected chi connectivity index (χ0v) is 13.2. The number of rotatable bonds is 8. The van der Waals surface area contributed by atoms with E-state index in [2.05, 4.69) is 9.82 Å². The second-order valence-corrected chi connectivity index (χ2v) is 6.27. The van der Waals surface area contributed by atoms with Gasteiger partial charge in [0.05, 0.1) is 30.6 Å². The molecule has 8 heteroatoms. The molecule has 20 heavy (non-hydrogen) atoms. The van der Waals surface area contributed by atoms with Gasteiger partial charge in [0, 0.05) is 13.2 Å². The Kier molecular flexibility index (Phi) is 6.12. The number of hydrogen-bond acceptors (Lipinski definition) is 5. The number of nitrogens with zero attached hydrogens (tertiary/aromatic N) is 2. The normalized spacial score (nSPS) is 13.7. The number of sulfonamides is 1. The third kappa shape index (κ3) is 4.02. The summed E-state index contributed by atoms with van der Waals surface area (Å²) in [6.07, 6.45) is -0.192. The second kappa shape index (κ2) is 7.16. The van der Waals surface area contributed by atoms with Crippen molar-refractivity contribution in [3.63, 3.8) is 0 Å². The monoisotopic (exact) mass is 305 g/mol. The first kappa shape index (κ1) is 17.1. The van der Waals surface area contributed by atoms with Gasteiger partial charge in [0.1, 0.15) is 4.90 Å². The van der Waals surface area contributed by atoms with E-state index >= 15 is 0 Å². The summed E-state index contributed by atoms with van der Waals surface area (Å²) in [6, 6.07) is 0. The lowest BCUT2D eigenvalue weighted by atomic mass is 10.4. The van der Waals surface area contributed by atoms with E-state index in [1.54, 1.807) is 20.8 Å². The van der Waals surface area contributed by atoms with E-state index in [0.717, 1.165) is 0 Å². The van der Waals surface area contributed by atoms with Crippen LogP contribution in [0, 0.1) is 13.8 Å². The summed E-state index contributed by atoms with van der Waals surface area (Å²) in [6.45, 7) is 7.92. The molecule has 0 radical (unpaired) electrons. The van der Waals surface area contributed by atoms with Crippen molar-refractivity contribution in [2.24, 2.45) is 0 Å². The number of ether oxygens (including phenoxy) is 1. The van der Waals surface area contributed by atoms with Crippen molar-refractivity contribution >= 4 is 10.0 Å². The molecule has 0 fully saturated rings. The lowest BCUT2D eigenvalue weighted by Gasteiger charge is -2.13. The average molecular weight is 305 g/mol. The fraction of sp³-hybridized carbons (Fsp3) is 0.750. The van der Waals surface area contributed by atoms with Gasteiger partial charge in [0.2, 0.25) is 10.0 Å². The molecule has 116 valence electrons. The van der Waals surface area contributed by atoms with E-state index < -0.39 is 10.0 Å². The lowest BCUT2D eigenvalue weighted by molar-refractivity contribution is 0.0799. The van der Waals surface area contributed by atoms with Crippen molar-refractivity contribution in [2.45, 2.75) is 45.2 Å². The summed E-state index contributed by atoms with van der Waals surface area (Å²) in [5, 5.41) is 13.1. The zero-order chi connectivity index (χ0) is 15.3. The summed E-state index contributed by atoms with van der Waals surface area (Å²) >= 11 is 0. The maximum atomic E-state index is 12.3. The number of aliphatic hydroxyl groups is 1. The first-order valence-electron chi connectivity index (χ1n) is 6.59. The maximum absolute atomic E-state index is 12.3. The van der Waals surface area contributed by atoms with Crippen LogP contribution < -0.4 is 4.72 Å². The zero-order valence-electron chi connectivity index (χ0n) is 12.4. The Bertz CT molecular complexity index is 539. The molecule has 0 spiro atoms. The molecule has 2 N–H and O–H groups in total. The molecule has 0 aromatic carbocycles. The van der Waals surface area contributed by atoms with Crippen LogP contribution in [0.2, 0.25) is 0 Å². The fourth-order valence-electron chi connectivity index (χ4n) is 2.02. The molecule has 0 saturated heterocycles. The molecule has 1 rings (SSSR count). The minimum Gasteiger partial charge on any atom is -0.394 e. The molecule has 1 aromatic rings. The van der Waals surface area contributed by atoms with Crippen LogP contribution in [0.1, 0.15) is 25.2 Å². The van der Waals surface area contributed by atoms with Gasteiger partial charge in [0.15, 0.2) is 0 Å². The van der Waals surface area contributed by atoms with Crippen molar-refractivity contribution in [1.82, 2.24) is 14.5 Å². The summed E-state index contributed by atoms with van der Waals surface area (Å²) in [4.78, 5) is 0.176. The molecule has 1 unspecified atom stereocenters. The number of nitrogens with one attached hydrogen (secondary N) is 1. The highest BCUT2D eigenvalue weighted by molar-refractivity contribution is 7.89. The predicted molar refractivity (Wildman–Crippen MR) is 75.1 cm³/mol. The highest BCUT2D eigenvalue weighted by Crippen LogP contribution is 2.19. The number of aromatic nitrogens is 2. The Morgan fingerprint density at radius 2 is 2.10 bits per heavy atom. The van der Waals surface area contributed by atoms with E-state index in [1.807, 2.05) is 6.92 Å². The van der Waals surface area contributed by atoms with Crippen LogP contribution in [0.3, 0.4) is 0 Å². The van der Waals surface area contributed by atoms with Crippen LogP contribution in [-0.2, 0) is 21.3 Å². The molecule has 1 aromatic heterocycles. The standard InChI is InChI=1S/C12H23N3O4S/c1-5-19-9(2)8-13-20(17,18)12-10(3)14-15(6-7-16)11(12)4/h9,13,16H,5-8H2,1-4H3. The van der Waals surface area contributed by atoms with Crippen LogP contribution in [0.15, 0.2) is 4.90 Å². The largest absolute Gasteiger partial charge is 0.394 e. The maximum Gasteiger partial charge on any atom is 0.244 e. The van der Waals surface area contributed by atoms with Gasteiger partial charge in [-0.1, -0.05) is 0 Å². The minimum atomic E-state index is -3.63. The summed E-state index contributed by atoms with van der Waals surface area (Å²) in [7, 11) is -3.63. The average Bonchev–Trinajstić information content (AvgIpc) is 2.64. The van der Waals surface area contributed by atoms with Crippen LogP contribution in [-0.4, -0.2) is 49.2 Å². The predicted octanol–water partition coefficient (Wildman–Crippen LogP) is 0.196. The Balaban J connectivity index is 2.92. The van der Waals surface area contributed by atoms with Gasteiger partial charge in [-0.15, -0.1) is 0 Å². The van der Waals surface area contributed by atoms with E-state index in [4.69, 9.17) is 9.84 Å². The summed E-state index contributed by atoms with van der Waals surface area (Å²) < 4.78 is 34.0. The van der Waals surface area contributed by atoms with Crippen LogP contribution in [0.4, 0.5) is 0 Å². The van der Waals surface area contributed by atoms with Crippen molar-refractivity contribution in [2.75, 3.05) is 19.8 Å². The van der Waals surface area contributed by atoms with E-state index in [0.29, 0.717) is 18.0 Å². The topological polar surface area (TPSA) is 93.5 Å². The Hall–Kier alpha value is -0.960. The number of hydrogen-bond donors (Lipinski definition) is 2. The van der Waals surface area contributed by atoms with Gasteiger partial charge < -0.3 is 9.84 Å². The molecular formula is C12H23N3O4S. The smallest absolute Gasteiger partial charge is 0.244 e. The number of aliphatic hydroxyl groups excluding tert-OH is 1. The molecule has 0 amide bonds. The Morgan fingerprint density at radius 3 is 2.65 bits per heavy atom. The third-order valence-electron chi connectivity index (χ3n) is 2.91. The lowest BCUT2D eigenvalue weighted by Crippen LogP contribution is -2.32. The van der Waals surface area contributed by atoms with Gasteiger partial charge in [-0.2, -0.15) is 5.10 Å². The van der Waals surface area contributed by atoms with Crippen LogP contribution >= 0.6 is 0 Å². The molecule has 7 nitrogen and oxygen atoms in total. The SMILES string of the molecule is CCOC(C)CNS(=O)(=O)c1c(C)nn(CCO)c1C. The van der Waals surface area contributed by atoms with E-state index in [9.17, 15) is 8.42 Å². The van der Waals surface area contributed by atoms with Crippen LogP contribution in [0.25, 0.3) is 0 Å². The molecule has 0 aliphatic carbocycles. The van der Waals surface area contributed by atoms with Gasteiger partial charge in [-0.05, 0) is 27.7 Å². The first-order chi connectivity index (χ1) is 9.33. The first-order valence-corrected chi connectivity index (χ1v) is 8.08. The molecule has 0 aliphatic rings. The fourth-order valence-corrected chi connectivity index (χ4v) is 3.55. The Labute approximate surface area is 120 Å². The van der Waals surface area contributed by atoms with Crippen molar-refractivity contribution in [3.8, 4) is 0 Å².